The minimum absolute atomic E-state index is 0.172. The van der Waals surface area contributed by atoms with Crippen LogP contribution in [0.1, 0.15) is 34.1 Å². The second kappa shape index (κ2) is 7.21. The van der Waals surface area contributed by atoms with E-state index in [1.807, 2.05) is 38.1 Å². The van der Waals surface area contributed by atoms with Crippen LogP contribution in [-0.2, 0) is 0 Å². The summed E-state index contributed by atoms with van der Waals surface area (Å²) in [6.45, 7) is 8.24. The van der Waals surface area contributed by atoms with Crippen molar-refractivity contribution in [2.45, 2.75) is 46.3 Å². The van der Waals surface area contributed by atoms with Gasteiger partial charge in [0.1, 0.15) is 5.75 Å². The quantitative estimate of drug-likeness (QED) is 0.798. The van der Waals surface area contributed by atoms with Gasteiger partial charge in [-0.05, 0) is 51.5 Å². The van der Waals surface area contributed by atoms with Gasteiger partial charge >= 0.3 is 0 Å². The largest absolute Gasteiger partial charge is 0.491 e. The van der Waals surface area contributed by atoms with E-state index in [1.54, 1.807) is 0 Å². The highest BCUT2D eigenvalue weighted by Crippen LogP contribution is 2.18. The summed E-state index contributed by atoms with van der Waals surface area (Å²) < 4.78 is 5.63. The molecule has 0 aliphatic carbocycles. The Labute approximate surface area is 115 Å². The molecule has 1 aromatic carbocycles. The molecule has 4 heteroatoms. The second-order valence-corrected chi connectivity index (χ2v) is 5.01. The van der Waals surface area contributed by atoms with E-state index in [4.69, 9.17) is 17.0 Å². The van der Waals surface area contributed by atoms with E-state index in [9.17, 15) is 0 Å². The maximum absolute atomic E-state index is 5.63. The van der Waals surface area contributed by atoms with Crippen molar-refractivity contribution in [2.24, 2.45) is 0 Å². The Hall–Kier alpha value is -1.29. The fourth-order valence-electron chi connectivity index (χ4n) is 1.41. The lowest BCUT2D eigenvalue weighted by atomic mass is 10.2. The summed E-state index contributed by atoms with van der Waals surface area (Å²) in [5.41, 5.74) is 0.939. The minimum Gasteiger partial charge on any atom is -0.491 e. The molecule has 0 saturated heterocycles. The number of ether oxygens (including phenoxy) is 1. The molecule has 1 rings (SSSR count). The predicted molar refractivity (Wildman–Crippen MR) is 81.3 cm³/mol. The Morgan fingerprint density at radius 3 is 2.67 bits per heavy atom. The van der Waals surface area contributed by atoms with E-state index in [0.717, 1.165) is 17.9 Å². The van der Waals surface area contributed by atoms with Gasteiger partial charge in [-0.15, -0.1) is 0 Å². The molecule has 0 aromatic heterocycles. The molecule has 1 aromatic rings. The number of nitrogens with one attached hydrogen (secondary N) is 2. The van der Waals surface area contributed by atoms with Gasteiger partial charge in [0.15, 0.2) is 5.11 Å². The molecule has 0 amide bonds. The zero-order valence-electron chi connectivity index (χ0n) is 11.5. The molecule has 0 aliphatic heterocycles. The summed E-state index contributed by atoms with van der Waals surface area (Å²) in [4.78, 5) is 0. The Morgan fingerprint density at radius 2 is 2.06 bits per heavy atom. The molecule has 3 nitrogen and oxygen atoms in total. The van der Waals surface area contributed by atoms with Crippen LogP contribution in [0.15, 0.2) is 24.3 Å². The van der Waals surface area contributed by atoms with Crippen LogP contribution in [-0.4, -0.2) is 17.3 Å². The van der Waals surface area contributed by atoms with E-state index in [-0.39, 0.29) is 6.10 Å². The van der Waals surface area contributed by atoms with Crippen LogP contribution in [0.5, 0.6) is 5.75 Å². The van der Waals surface area contributed by atoms with Crippen molar-refractivity contribution in [3.8, 4) is 5.75 Å². The fourth-order valence-corrected chi connectivity index (χ4v) is 1.73. The third-order valence-corrected chi connectivity index (χ3v) is 2.67. The van der Waals surface area contributed by atoms with Gasteiger partial charge < -0.3 is 15.4 Å². The number of hydrogen-bond donors (Lipinski definition) is 2. The van der Waals surface area contributed by atoms with Crippen LogP contribution in [0.3, 0.4) is 0 Å². The van der Waals surface area contributed by atoms with Crippen LogP contribution in [0.2, 0.25) is 0 Å². The van der Waals surface area contributed by atoms with Gasteiger partial charge in [0.2, 0.25) is 0 Å². The lowest BCUT2D eigenvalue weighted by Crippen LogP contribution is -2.35. The number of thiocarbonyl (C=S) groups is 1. The van der Waals surface area contributed by atoms with E-state index in [1.165, 1.54) is 0 Å². The summed E-state index contributed by atoms with van der Waals surface area (Å²) >= 11 is 5.25. The van der Waals surface area contributed by atoms with Crippen molar-refractivity contribution in [2.75, 3.05) is 5.32 Å². The summed E-state index contributed by atoms with van der Waals surface area (Å²) in [6, 6.07) is 8.19. The minimum atomic E-state index is 0.172. The first-order chi connectivity index (χ1) is 8.51. The molecule has 0 fully saturated rings. The van der Waals surface area contributed by atoms with Crippen LogP contribution in [0.4, 0.5) is 5.69 Å². The molecule has 18 heavy (non-hydrogen) atoms. The topological polar surface area (TPSA) is 33.3 Å². The van der Waals surface area contributed by atoms with E-state index in [2.05, 4.69) is 24.5 Å². The molecule has 0 aliphatic rings. The number of hydrogen-bond acceptors (Lipinski definition) is 2. The zero-order valence-corrected chi connectivity index (χ0v) is 12.3. The van der Waals surface area contributed by atoms with Gasteiger partial charge in [0, 0.05) is 17.8 Å². The van der Waals surface area contributed by atoms with E-state index >= 15 is 0 Å². The van der Waals surface area contributed by atoms with Gasteiger partial charge in [0.05, 0.1) is 6.10 Å². The number of anilines is 1. The summed E-state index contributed by atoms with van der Waals surface area (Å²) in [5, 5.41) is 7.02. The first kappa shape index (κ1) is 14.8. The highest BCUT2D eigenvalue weighted by atomic mass is 32.1. The summed E-state index contributed by atoms with van der Waals surface area (Å²) in [6.07, 6.45) is 1.21. The highest BCUT2D eigenvalue weighted by Gasteiger charge is 2.03. The molecule has 0 bridgehead atoms. The average Bonchev–Trinajstić information content (AvgIpc) is 2.28. The smallest absolute Gasteiger partial charge is 0.170 e. The first-order valence-corrected chi connectivity index (χ1v) is 6.76. The lowest BCUT2D eigenvalue weighted by Gasteiger charge is -2.16. The molecule has 0 saturated carbocycles. The molecule has 0 spiro atoms. The van der Waals surface area contributed by atoms with Crippen molar-refractivity contribution < 1.29 is 4.74 Å². The van der Waals surface area contributed by atoms with Crippen LogP contribution >= 0.6 is 12.2 Å². The third kappa shape index (κ3) is 5.36. The van der Waals surface area contributed by atoms with Crippen molar-refractivity contribution in [1.82, 2.24) is 5.32 Å². The lowest BCUT2D eigenvalue weighted by molar-refractivity contribution is 0.242. The average molecular weight is 266 g/mol. The Morgan fingerprint density at radius 1 is 1.33 bits per heavy atom. The molecular formula is C14H22N2OS. The zero-order chi connectivity index (χ0) is 13.5. The SMILES string of the molecule is CC[C@H](C)NC(=S)Nc1cccc(OC(C)C)c1. The Kier molecular flexibility index (Phi) is 5.92. The van der Waals surface area contributed by atoms with Gasteiger partial charge in [0.25, 0.3) is 0 Å². The van der Waals surface area contributed by atoms with Gasteiger partial charge in [-0.2, -0.15) is 0 Å². The molecule has 0 heterocycles. The number of benzene rings is 1. The van der Waals surface area contributed by atoms with Crippen molar-refractivity contribution >= 4 is 23.0 Å². The molecule has 0 radical (unpaired) electrons. The van der Waals surface area contributed by atoms with Crippen LogP contribution in [0.25, 0.3) is 0 Å². The monoisotopic (exact) mass is 266 g/mol. The second-order valence-electron chi connectivity index (χ2n) is 4.60. The van der Waals surface area contributed by atoms with Crippen molar-refractivity contribution in [3.63, 3.8) is 0 Å². The molecule has 0 unspecified atom stereocenters. The van der Waals surface area contributed by atoms with E-state index in [0.29, 0.717) is 11.2 Å². The molecule has 2 N–H and O–H groups in total. The molecule has 100 valence electrons. The third-order valence-electron chi connectivity index (χ3n) is 2.45. The normalized spacial score (nSPS) is 12.1. The van der Waals surface area contributed by atoms with Gasteiger partial charge in [-0.3, -0.25) is 0 Å². The summed E-state index contributed by atoms with van der Waals surface area (Å²) in [7, 11) is 0. The van der Waals surface area contributed by atoms with Crippen molar-refractivity contribution in [1.29, 1.82) is 0 Å². The Balaban J connectivity index is 2.59. The predicted octanol–water partition coefficient (Wildman–Crippen LogP) is 3.56. The fraction of sp³-hybridized carbons (Fsp3) is 0.500. The van der Waals surface area contributed by atoms with Gasteiger partial charge in [-0.25, -0.2) is 0 Å². The molecule has 1 atom stereocenters. The van der Waals surface area contributed by atoms with Gasteiger partial charge in [-0.1, -0.05) is 13.0 Å². The maximum atomic E-state index is 5.63. The number of rotatable bonds is 5. The van der Waals surface area contributed by atoms with E-state index < -0.39 is 0 Å². The van der Waals surface area contributed by atoms with Crippen LogP contribution < -0.4 is 15.4 Å². The Bertz CT molecular complexity index is 393. The molecular weight excluding hydrogens is 244 g/mol. The maximum Gasteiger partial charge on any atom is 0.170 e. The van der Waals surface area contributed by atoms with Crippen molar-refractivity contribution in [3.05, 3.63) is 24.3 Å². The highest BCUT2D eigenvalue weighted by molar-refractivity contribution is 7.80. The summed E-state index contributed by atoms with van der Waals surface area (Å²) in [5.74, 6) is 0.848. The van der Waals surface area contributed by atoms with Crippen LogP contribution in [0, 0.1) is 0 Å². The standard InChI is InChI=1S/C14H22N2OS/c1-5-11(4)15-14(18)16-12-7-6-8-13(9-12)17-10(2)3/h6-11H,5H2,1-4H3,(H2,15,16,18)/t11-/m0/s1. The first-order valence-electron chi connectivity index (χ1n) is 6.35.